The Morgan fingerprint density at radius 2 is 1.90 bits per heavy atom. The van der Waals surface area contributed by atoms with Crippen LogP contribution in [-0.2, 0) is 4.79 Å². The van der Waals surface area contributed by atoms with Crippen LogP contribution < -0.4 is 15.2 Å². The molecule has 0 saturated heterocycles. The van der Waals surface area contributed by atoms with E-state index in [1.54, 1.807) is 31.4 Å². The van der Waals surface area contributed by atoms with Crippen LogP contribution in [0.15, 0.2) is 42.5 Å². The molecule has 0 aliphatic heterocycles. The van der Waals surface area contributed by atoms with Gasteiger partial charge in [0.05, 0.1) is 7.11 Å². The van der Waals surface area contributed by atoms with Gasteiger partial charge in [-0.15, -0.1) is 0 Å². The van der Waals surface area contributed by atoms with Gasteiger partial charge in [-0.2, -0.15) is 0 Å². The van der Waals surface area contributed by atoms with E-state index in [0.29, 0.717) is 17.2 Å². The predicted molar refractivity (Wildman–Crippen MR) is 76.0 cm³/mol. The third-order valence-electron chi connectivity index (χ3n) is 2.75. The average molecular weight is 273 g/mol. The molecule has 0 radical (unpaired) electrons. The number of anilines is 1. The van der Waals surface area contributed by atoms with Crippen LogP contribution in [0.1, 0.15) is 0 Å². The van der Waals surface area contributed by atoms with E-state index in [2.05, 4.69) is 0 Å². The zero-order valence-corrected chi connectivity index (χ0v) is 11.0. The van der Waals surface area contributed by atoms with E-state index in [4.69, 9.17) is 20.3 Å². The zero-order valence-electron chi connectivity index (χ0n) is 11.0. The second-order valence-corrected chi connectivity index (χ2v) is 4.17. The fourth-order valence-corrected chi connectivity index (χ4v) is 1.82. The molecule has 0 amide bonds. The van der Waals surface area contributed by atoms with Crippen molar-refractivity contribution in [2.75, 3.05) is 19.5 Å². The lowest BCUT2D eigenvalue weighted by atomic mass is 10.0. The molecule has 2 aromatic rings. The number of ether oxygens (including phenoxy) is 2. The summed E-state index contributed by atoms with van der Waals surface area (Å²) in [6, 6.07) is 12.5. The van der Waals surface area contributed by atoms with Gasteiger partial charge in [-0.1, -0.05) is 12.1 Å². The zero-order chi connectivity index (χ0) is 14.5. The topological polar surface area (TPSA) is 81.8 Å². The van der Waals surface area contributed by atoms with Crippen molar-refractivity contribution in [1.82, 2.24) is 0 Å². The first-order valence-electron chi connectivity index (χ1n) is 5.98. The molecule has 104 valence electrons. The number of nitrogen functional groups attached to an aromatic ring is 1. The van der Waals surface area contributed by atoms with Gasteiger partial charge < -0.3 is 20.3 Å². The van der Waals surface area contributed by atoms with Crippen molar-refractivity contribution in [3.8, 4) is 22.6 Å². The Morgan fingerprint density at radius 1 is 1.20 bits per heavy atom. The summed E-state index contributed by atoms with van der Waals surface area (Å²) >= 11 is 0. The Bertz CT molecular complexity index is 608. The Balaban J connectivity index is 2.23. The lowest BCUT2D eigenvalue weighted by Crippen LogP contribution is -2.09. The van der Waals surface area contributed by atoms with E-state index in [9.17, 15) is 4.79 Å². The quantitative estimate of drug-likeness (QED) is 0.817. The molecule has 0 aromatic heterocycles. The molecular formula is C15H15NO4. The second-order valence-electron chi connectivity index (χ2n) is 4.17. The molecular weight excluding hydrogens is 258 g/mol. The minimum Gasteiger partial charge on any atom is -0.496 e. The highest BCUT2D eigenvalue weighted by molar-refractivity contribution is 5.73. The van der Waals surface area contributed by atoms with Gasteiger partial charge in [-0.3, -0.25) is 0 Å². The summed E-state index contributed by atoms with van der Waals surface area (Å²) < 4.78 is 10.4. The summed E-state index contributed by atoms with van der Waals surface area (Å²) in [6.45, 7) is -0.357. The minimum absolute atomic E-state index is 0.357. The SMILES string of the molecule is COc1cc(N)ccc1-c1ccc(OCC(=O)O)cc1. The molecule has 5 nitrogen and oxygen atoms in total. The third-order valence-corrected chi connectivity index (χ3v) is 2.75. The fourth-order valence-electron chi connectivity index (χ4n) is 1.82. The summed E-state index contributed by atoms with van der Waals surface area (Å²) in [5.74, 6) is 0.184. The Hall–Kier alpha value is -2.69. The number of methoxy groups -OCH3 is 1. The first-order valence-corrected chi connectivity index (χ1v) is 5.98. The molecule has 0 heterocycles. The molecule has 5 heteroatoms. The summed E-state index contributed by atoms with van der Waals surface area (Å²) in [5, 5.41) is 8.55. The molecule has 0 saturated carbocycles. The van der Waals surface area contributed by atoms with Crippen molar-refractivity contribution in [3.05, 3.63) is 42.5 Å². The highest BCUT2D eigenvalue weighted by Crippen LogP contribution is 2.32. The van der Waals surface area contributed by atoms with E-state index in [1.807, 2.05) is 18.2 Å². The van der Waals surface area contributed by atoms with Crippen molar-refractivity contribution < 1.29 is 19.4 Å². The van der Waals surface area contributed by atoms with Crippen LogP contribution >= 0.6 is 0 Å². The van der Waals surface area contributed by atoms with Crippen LogP contribution in [0.4, 0.5) is 5.69 Å². The van der Waals surface area contributed by atoms with Gasteiger partial charge in [0.1, 0.15) is 11.5 Å². The number of aliphatic carboxylic acids is 1. The van der Waals surface area contributed by atoms with E-state index in [0.717, 1.165) is 11.1 Å². The molecule has 0 spiro atoms. The van der Waals surface area contributed by atoms with Crippen molar-refractivity contribution in [1.29, 1.82) is 0 Å². The number of rotatable bonds is 5. The Kier molecular flexibility index (Phi) is 4.10. The normalized spacial score (nSPS) is 10.1. The molecule has 20 heavy (non-hydrogen) atoms. The largest absolute Gasteiger partial charge is 0.496 e. The van der Waals surface area contributed by atoms with Crippen LogP contribution in [0.25, 0.3) is 11.1 Å². The fraction of sp³-hybridized carbons (Fsp3) is 0.133. The Labute approximate surface area is 116 Å². The molecule has 0 atom stereocenters. The summed E-state index contributed by atoms with van der Waals surface area (Å²) in [6.07, 6.45) is 0. The average Bonchev–Trinajstić information content (AvgIpc) is 2.45. The predicted octanol–water partition coefficient (Wildman–Crippen LogP) is 2.41. The van der Waals surface area contributed by atoms with Crippen LogP contribution in [0.3, 0.4) is 0 Å². The van der Waals surface area contributed by atoms with Gasteiger partial charge >= 0.3 is 5.97 Å². The van der Waals surface area contributed by atoms with Gasteiger partial charge in [0.15, 0.2) is 6.61 Å². The number of nitrogens with two attached hydrogens (primary N) is 1. The maximum atomic E-state index is 10.4. The molecule has 0 aliphatic carbocycles. The summed E-state index contributed by atoms with van der Waals surface area (Å²) in [5.41, 5.74) is 8.19. The van der Waals surface area contributed by atoms with E-state index >= 15 is 0 Å². The second kappa shape index (κ2) is 5.97. The Morgan fingerprint density at radius 3 is 2.50 bits per heavy atom. The van der Waals surface area contributed by atoms with Crippen molar-refractivity contribution in [2.24, 2.45) is 0 Å². The maximum absolute atomic E-state index is 10.4. The summed E-state index contributed by atoms with van der Waals surface area (Å²) in [4.78, 5) is 10.4. The first kappa shape index (κ1) is 13.7. The maximum Gasteiger partial charge on any atom is 0.341 e. The number of carboxylic acids is 1. The number of carboxylic acid groups (broad SMARTS) is 1. The lowest BCUT2D eigenvalue weighted by molar-refractivity contribution is -0.139. The van der Waals surface area contributed by atoms with E-state index in [1.165, 1.54) is 0 Å². The van der Waals surface area contributed by atoms with Crippen LogP contribution in [-0.4, -0.2) is 24.8 Å². The lowest BCUT2D eigenvalue weighted by Gasteiger charge is -2.10. The third kappa shape index (κ3) is 3.20. The number of hydrogen-bond acceptors (Lipinski definition) is 4. The molecule has 0 fully saturated rings. The minimum atomic E-state index is -1.01. The molecule has 0 unspecified atom stereocenters. The molecule has 0 bridgehead atoms. The van der Waals surface area contributed by atoms with Crippen LogP contribution in [0.2, 0.25) is 0 Å². The molecule has 2 aromatic carbocycles. The van der Waals surface area contributed by atoms with Crippen LogP contribution in [0, 0.1) is 0 Å². The highest BCUT2D eigenvalue weighted by atomic mass is 16.5. The highest BCUT2D eigenvalue weighted by Gasteiger charge is 2.07. The smallest absolute Gasteiger partial charge is 0.341 e. The van der Waals surface area contributed by atoms with Gasteiger partial charge in [0.25, 0.3) is 0 Å². The summed E-state index contributed by atoms with van der Waals surface area (Å²) in [7, 11) is 1.59. The first-order chi connectivity index (χ1) is 9.60. The molecule has 3 N–H and O–H groups in total. The van der Waals surface area contributed by atoms with Crippen LogP contribution in [0.5, 0.6) is 11.5 Å². The van der Waals surface area contributed by atoms with Gasteiger partial charge in [-0.05, 0) is 29.8 Å². The van der Waals surface area contributed by atoms with Gasteiger partial charge in [0.2, 0.25) is 0 Å². The van der Waals surface area contributed by atoms with E-state index < -0.39 is 5.97 Å². The number of hydrogen-bond donors (Lipinski definition) is 2. The van der Waals surface area contributed by atoms with Crippen molar-refractivity contribution in [2.45, 2.75) is 0 Å². The standard InChI is InChI=1S/C15H15NO4/c1-19-14-8-11(16)4-7-13(14)10-2-5-12(6-3-10)20-9-15(17)18/h2-8H,9,16H2,1H3,(H,17,18). The monoisotopic (exact) mass is 273 g/mol. The van der Waals surface area contributed by atoms with Gasteiger partial charge in [-0.25, -0.2) is 4.79 Å². The molecule has 0 aliphatic rings. The van der Waals surface area contributed by atoms with Crippen molar-refractivity contribution >= 4 is 11.7 Å². The number of benzene rings is 2. The molecule has 2 rings (SSSR count). The van der Waals surface area contributed by atoms with Crippen molar-refractivity contribution in [3.63, 3.8) is 0 Å². The number of carbonyl (C=O) groups is 1. The van der Waals surface area contributed by atoms with Gasteiger partial charge in [0, 0.05) is 17.3 Å². The van der Waals surface area contributed by atoms with E-state index in [-0.39, 0.29) is 6.61 Å².